The molecule has 2 saturated carbocycles. The second-order valence-electron chi connectivity index (χ2n) is 5.66. The van der Waals surface area contributed by atoms with Gasteiger partial charge in [0.25, 0.3) is 0 Å². The van der Waals surface area contributed by atoms with Crippen molar-refractivity contribution in [3.05, 3.63) is 11.7 Å². The fourth-order valence-corrected chi connectivity index (χ4v) is 2.75. The highest BCUT2D eigenvalue weighted by molar-refractivity contribution is 4.94. The summed E-state index contributed by atoms with van der Waals surface area (Å²) in [5, 5.41) is 4.06. The van der Waals surface area contributed by atoms with Crippen LogP contribution in [0.1, 0.15) is 50.2 Å². The van der Waals surface area contributed by atoms with Gasteiger partial charge in [-0.05, 0) is 37.5 Å². The first-order valence-corrected chi connectivity index (χ1v) is 6.88. The third-order valence-electron chi connectivity index (χ3n) is 4.08. The molecule has 1 aromatic rings. The van der Waals surface area contributed by atoms with Crippen molar-refractivity contribution < 1.29 is 4.52 Å². The van der Waals surface area contributed by atoms with Crippen molar-refractivity contribution in [2.75, 3.05) is 0 Å². The molecule has 0 aromatic carbocycles. The minimum absolute atomic E-state index is 0.322. The van der Waals surface area contributed by atoms with Gasteiger partial charge in [-0.2, -0.15) is 4.98 Å². The van der Waals surface area contributed by atoms with Crippen LogP contribution in [-0.4, -0.2) is 16.2 Å². The average molecular weight is 235 g/mol. The molecule has 0 amide bonds. The summed E-state index contributed by atoms with van der Waals surface area (Å²) in [6, 6.07) is 0.322. The van der Waals surface area contributed by atoms with Crippen molar-refractivity contribution in [1.82, 2.24) is 10.1 Å². The summed E-state index contributed by atoms with van der Waals surface area (Å²) in [5.41, 5.74) is 6.13. The number of rotatable bonds is 4. The summed E-state index contributed by atoms with van der Waals surface area (Å²) in [7, 11) is 0. The molecule has 2 atom stereocenters. The molecule has 2 aliphatic carbocycles. The maximum absolute atomic E-state index is 6.13. The van der Waals surface area contributed by atoms with Crippen molar-refractivity contribution in [3.63, 3.8) is 0 Å². The van der Waals surface area contributed by atoms with Crippen LogP contribution in [-0.2, 0) is 12.8 Å². The molecule has 1 aromatic heterocycles. The first-order chi connectivity index (χ1) is 8.31. The van der Waals surface area contributed by atoms with Crippen molar-refractivity contribution >= 4 is 0 Å². The lowest BCUT2D eigenvalue weighted by Crippen LogP contribution is -2.34. The van der Waals surface area contributed by atoms with E-state index >= 15 is 0 Å². The van der Waals surface area contributed by atoms with E-state index in [4.69, 9.17) is 10.3 Å². The predicted molar refractivity (Wildman–Crippen MR) is 64.4 cm³/mol. The molecule has 1 heterocycles. The van der Waals surface area contributed by atoms with Gasteiger partial charge < -0.3 is 10.3 Å². The summed E-state index contributed by atoms with van der Waals surface area (Å²) < 4.78 is 5.33. The predicted octanol–water partition coefficient (Wildman–Crippen LogP) is 2.08. The van der Waals surface area contributed by atoms with Gasteiger partial charge in [0.05, 0.1) is 0 Å². The zero-order valence-corrected chi connectivity index (χ0v) is 10.3. The van der Waals surface area contributed by atoms with E-state index < -0.39 is 0 Å². The van der Waals surface area contributed by atoms with E-state index in [0.29, 0.717) is 12.0 Å². The van der Waals surface area contributed by atoms with Crippen LogP contribution in [0.3, 0.4) is 0 Å². The van der Waals surface area contributed by atoms with Crippen LogP contribution in [0.2, 0.25) is 0 Å². The second-order valence-corrected chi connectivity index (χ2v) is 5.66. The lowest BCUT2D eigenvalue weighted by Gasteiger charge is -2.27. The Hall–Kier alpha value is -0.900. The first-order valence-electron chi connectivity index (χ1n) is 6.88. The topological polar surface area (TPSA) is 64.9 Å². The molecule has 0 spiro atoms. The number of hydrogen-bond donors (Lipinski definition) is 1. The molecule has 4 nitrogen and oxygen atoms in total. The quantitative estimate of drug-likeness (QED) is 0.867. The van der Waals surface area contributed by atoms with Crippen molar-refractivity contribution in [1.29, 1.82) is 0 Å². The van der Waals surface area contributed by atoms with E-state index in [9.17, 15) is 0 Å². The van der Waals surface area contributed by atoms with Gasteiger partial charge in [-0.3, -0.25) is 0 Å². The molecule has 3 rings (SSSR count). The number of nitrogens with two attached hydrogens (primary N) is 1. The summed E-state index contributed by atoms with van der Waals surface area (Å²) in [5.74, 6) is 3.05. The molecule has 94 valence electrons. The van der Waals surface area contributed by atoms with Crippen molar-refractivity contribution in [3.8, 4) is 0 Å². The smallest absolute Gasteiger partial charge is 0.226 e. The Balaban J connectivity index is 1.57. The normalized spacial score (nSPS) is 29.5. The van der Waals surface area contributed by atoms with E-state index in [0.717, 1.165) is 36.9 Å². The van der Waals surface area contributed by atoms with Crippen LogP contribution in [0.5, 0.6) is 0 Å². The van der Waals surface area contributed by atoms with Gasteiger partial charge in [0.2, 0.25) is 5.89 Å². The SMILES string of the molecule is NC1CCCCC1Cc1nc(CC2CC2)no1. The Labute approximate surface area is 102 Å². The lowest BCUT2D eigenvalue weighted by atomic mass is 9.83. The third kappa shape index (κ3) is 2.86. The number of nitrogens with zero attached hydrogens (tertiary/aromatic N) is 2. The molecule has 0 bridgehead atoms. The maximum atomic E-state index is 6.13. The van der Waals surface area contributed by atoms with Crippen LogP contribution in [0, 0.1) is 11.8 Å². The first kappa shape index (κ1) is 11.2. The standard InChI is InChI=1S/C13H21N3O/c14-11-4-2-1-3-10(11)8-13-15-12(16-17-13)7-9-5-6-9/h9-11H,1-8,14H2. The van der Waals surface area contributed by atoms with Gasteiger partial charge in [0.1, 0.15) is 0 Å². The van der Waals surface area contributed by atoms with Crippen LogP contribution in [0.25, 0.3) is 0 Å². The fraction of sp³-hybridized carbons (Fsp3) is 0.846. The van der Waals surface area contributed by atoms with Gasteiger partial charge in [-0.25, -0.2) is 0 Å². The highest BCUT2D eigenvalue weighted by atomic mass is 16.5. The number of aromatic nitrogens is 2. The maximum Gasteiger partial charge on any atom is 0.226 e. The average Bonchev–Trinajstić information content (AvgIpc) is 3.02. The van der Waals surface area contributed by atoms with Crippen LogP contribution >= 0.6 is 0 Å². The Bertz CT molecular complexity index is 372. The Morgan fingerprint density at radius 1 is 1.12 bits per heavy atom. The number of hydrogen-bond acceptors (Lipinski definition) is 4. The van der Waals surface area contributed by atoms with Gasteiger partial charge in [0, 0.05) is 18.9 Å². The second kappa shape index (κ2) is 4.77. The fourth-order valence-electron chi connectivity index (χ4n) is 2.75. The molecule has 2 aliphatic rings. The van der Waals surface area contributed by atoms with E-state index in [-0.39, 0.29) is 0 Å². The molecule has 0 radical (unpaired) electrons. The van der Waals surface area contributed by atoms with E-state index in [1.165, 1.54) is 32.1 Å². The monoisotopic (exact) mass is 235 g/mol. The van der Waals surface area contributed by atoms with Crippen molar-refractivity contribution in [2.24, 2.45) is 17.6 Å². The van der Waals surface area contributed by atoms with Crippen LogP contribution < -0.4 is 5.73 Å². The Morgan fingerprint density at radius 3 is 2.71 bits per heavy atom. The summed E-state index contributed by atoms with van der Waals surface area (Å²) in [6.07, 6.45) is 9.46. The highest BCUT2D eigenvalue weighted by Crippen LogP contribution is 2.32. The molecular weight excluding hydrogens is 214 g/mol. The molecule has 4 heteroatoms. The largest absolute Gasteiger partial charge is 0.339 e. The molecule has 17 heavy (non-hydrogen) atoms. The van der Waals surface area contributed by atoms with Gasteiger partial charge >= 0.3 is 0 Å². The summed E-state index contributed by atoms with van der Waals surface area (Å²) >= 11 is 0. The van der Waals surface area contributed by atoms with Crippen molar-refractivity contribution in [2.45, 2.75) is 57.4 Å². The zero-order valence-electron chi connectivity index (χ0n) is 10.3. The molecule has 0 saturated heterocycles. The van der Waals surface area contributed by atoms with Gasteiger partial charge in [-0.1, -0.05) is 18.0 Å². The van der Waals surface area contributed by atoms with Crippen LogP contribution in [0.15, 0.2) is 4.52 Å². The van der Waals surface area contributed by atoms with Gasteiger partial charge in [0.15, 0.2) is 5.82 Å². The Morgan fingerprint density at radius 2 is 1.94 bits per heavy atom. The third-order valence-corrected chi connectivity index (χ3v) is 4.08. The zero-order chi connectivity index (χ0) is 11.7. The minimum atomic E-state index is 0.322. The minimum Gasteiger partial charge on any atom is -0.339 e. The molecule has 2 fully saturated rings. The summed E-state index contributed by atoms with van der Waals surface area (Å²) in [4.78, 5) is 4.49. The molecule has 2 unspecified atom stereocenters. The molecular formula is C13H21N3O. The van der Waals surface area contributed by atoms with E-state index in [1.54, 1.807) is 0 Å². The van der Waals surface area contributed by atoms with Crippen LogP contribution in [0.4, 0.5) is 0 Å². The molecule has 2 N–H and O–H groups in total. The summed E-state index contributed by atoms with van der Waals surface area (Å²) in [6.45, 7) is 0. The Kier molecular flexibility index (Phi) is 3.14. The van der Waals surface area contributed by atoms with E-state index in [2.05, 4.69) is 10.1 Å². The van der Waals surface area contributed by atoms with Gasteiger partial charge in [-0.15, -0.1) is 0 Å². The molecule has 0 aliphatic heterocycles. The van der Waals surface area contributed by atoms with E-state index in [1.807, 2.05) is 0 Å². The highest BCUT2D eigenvalue weighted by Gasteiger charge is 2.26. The lowest BCUT2D eigenvalue weighted by molar-refractivity contribution is 0.272.